The van der Waals surface area contributed by atoms with Crippen LogP contribution < -0.4 is 20.3 Å². The van der Waals surface area contributed by atoms with Gasteiger partial charge in [0.05, 0.1) is 39.8 Å². The molecule has 1 amide bonds. The third-order valence-corrected chi connectivity index (χ3v) is 6.58. The van der Waals surface area contributed by atoms with Crippen molar-refractivity contribution in [3.05, 3.63) is 95.2 Å². The average Bonchev–Trinajstić information content (AvgIpc) is 2.94. The molecule has 1 heterocycles. The minimum Gasteiger partial charge on any atom is -0.492 e. The van der Waals surface area contributed by atoms with Crippen LogP contribution in [0.4, 0.5) is 22.7 Å². The zero-order valence-corrected chi connectivity index (χ0v) is 24.4. The number of pyridine rings is 1. The first kappa shape index (κ1) is 29.4. The number of carbonyl (C=O) groups excluding carboxylic acids is 1. The molecule has 0 aliphatic rings. The van der Waals surface area contributed by atoms with Gasteiger partial charge in [0, 0.05) is 49.6 Å². The summed E-state index contributed by atoms with van der Waals surface area (Å²) in [5.74, 6) is 0.208. The molecule has 4 rings (SSSR count). The Kier molecular flexibility index (Phi) is 9.80. The summed E-state index contributed by atoms with van der Waals surface area (Å²) in [6.07, 6.45) is 4.79. The van der Waals surface area contributed by atoms with Crippen LogP contribution in [-0.2, 0) is 11.3 Å². The number of nitriles is 1. The van der Waals surface area contributed by atoms with Crippen LogP contribution in [0.25, 0.3) is 10.9 Å². The fourth-order valence-corrected chi connectivity index (χ4v) is 4.66. The highest BCUT2D eigenvalue weighted by Gasteiger charge is 2.16. The lowest BCUT2D eigenvalue weighted by molar-refractivity contribution is -0.111. The number of anilines is 4. The molecule has 0 fully saturated rings. The van der Waals surface area contributed by atoms with Crippen LogP contribution in [-0.4, -0.2) is 50.1 Å². The van der Waals surface area contributed by atoms with Crippen LogP contribution >= 0.6 is 11.6 Å². The summed E-state index contributed by atoms with van der Waals surface area (Å²) in [4.78, 5) is 21.2. The first-order chi connectivity index (χ1) is 19.8. The quantitative estimate of drug-likeness (QED) is 0.197. The summed E-state index contributed by atoms with van der Waals surface area (Å²) < 4.78 is 5.80. The highest BCUT2D eigenvalue weighted by Crippen LogP contribution is 2.37. The van der Waals surface area contributed by atoms with Gasteiger partial charge in [0.1, 0.15) is 11.8 Å². The van der Waals surface area contributed by atoms with Crippen LogP contribution in [0.1, 0.15) is 18.1 Å². The number of hydrogen-bond donors (Lipinski definition) is 2. The summed E-state index contributed by atoms with van der Waals surface area (Å²) in [7, 11) is 5.85. The number of benzene rings is 3. The van der Waals surface area contributed by atoms with E-state index in [0.717, 1.165) is 5.69 Å². The predicted octanol–water partition coefficient (Wildman–Crippen LogP) is 6.59. The Bertz CT molecular complexity index is 1600. The Balaban J connectivity index is 1.67. The number of nitrogens with zero attached hydrogens (tertiary/aromatic N) is 4. The number of halogens is 1. The molecule has 41 heavy (non-hydrogen) atoms. The molecule has 4 aromatic rings. The van der Waals surface area contributed by atoms with E-state index in [0.29, 0.717) is 64.0 Å². The lowest BCUT2D eigenvalue weighted by atomic mass is 10.1. The van der Waals surface area contributed by atoms with Crippen LogP contribution in [0.2, 0.25) is 5.02 Å². The number of rotatable bonds is 11. The molecule has 9 heteroatoms. The van der Waals surface area contributed by atoms with Crippen LogP contribution in [0, 0.1) is 11.3 Å². The number of hydrogen-bond acceptors (Lipinski definition) is 7. The first-order valence-corrected chi connectivity index (χ1v) is 13.6. The van der Waals surface area contributed by atoms with Gasteiger partial charge in [-0.3, -0.25) is 9.78 Å². The molecule has 210 valence electrons. The monoisotopic (exact) mass is 568 g/mol. The smallest absolute Gasteiger partial charge is 0.248 e. The van der Waals surface area contributed by atoms with Crippen LogP contribution in [0.3, 0.4) is 0 Å². The van der Waals surface area contributed by atoms with E-state index in [4.69, 9.17) is 16.3 Å². The molecule has 2 N–H and O–H groups in total. The molecule has 0 saturated heterocycles. The number of aromatic nitrogens is 1. The van der Waals surface area contributed by atoms with Gasteiger partial charge >= 0.3 is 0 Å². The fourth-order valence-electron chi connectivity index (χ4n) is 4.34. The maximum Gasteiger partial charge on any atom is 0.248 e. The zero-order valence-electron chi connectivity index (χ0n) is 23.6. The van der Waals surface area contributed by atoms with Gasteiger partial charge in [-0.05, 0) is 50.8 Å². The Hall–Kier alpha value is -4.58. The Labute approximate surface area is 245 Å². The van der Waals surface area contributed by atoms with Crippen molar-refractivity contribution in [2.75, 3.05) is 49.8 Å². The minimum atomic E-state index is -0.284. The van der Waals surface area contributed by atoms with Crippen molar-refractivity contribution in [2.24, 2.45) is 0 Å². The topological polar surface area (TPSA) is 93.5 Å². The van der Waals surface area contributed by atoms with E-state index in [1.165, 1.54) is 17.8 Å². The molecular weight excluding hydrogens is 536 g/mol. The molecule has 3 aromatic carbocycles. The Morgan fingerprint density at radius 1 is 1.12 bits per heavy atom. The number of fused-ring (bicyclic) bond motifs is 1. The molecular formula is C32H33ClN6O2. The highest BCUT2D eigenvalue weighted by molar-refractivity contribution is 6.33. The third kappa shape index (κ3) is 7.54. The molecule has 0 aliphatic heterocycles. The number of carbonyl (C=O) groups is 1. The first-order valence-electron chi connectivity index (χ1n) is 13.2. The second-order valence-corrected chi connectivity index (χ2v) is 10.2. The predicted molar refractivity (Wildman–Crippen MR) is 167 cm³/mol. The maximum atomic E-state index is 12.7. The van der Waals surface area contributed by atoms with Crippen molar-refractivity contribution in [1.29, 1.82) is 5.26 Å². The van der Waals surface area contributed by atoms with E-state index in [2.05, 4.69) is 38.7 Å². The van der Waals surface area contributed by atoms with E-state index >= 15 is 0 Å². The SMILES string of the molecule is CCOc1cc2ncc(C#N)c(Nc3ccc(N(C)Cc4ccccc4)c(Cl)c3)c2cc1NC(=O)/C=C/CN(C)C. The molecule has 0 atom stereocenters. The number of amides is 1. The Morgan fingerprint density at radius 3 is 2.59 bits per heavy atom. The second kappa shape index (κ2) is 13.7. The summed E-state index contributed by atoms with van der Waals surface area (Å²) in [5, 5.41) is 17.4. The van der Waals surface area contributed by atoms with E-state index in [1.807, 2.05) is 69.4 Å². The summed E-state index contributed by atoms with van der Waals surface area (Å²) in [6.45, 7) is 3.63. The molecule has 1 aromatic heterocycles. The van der Waals surface area contributed by atoms with Crippen molar-refractivity contribution < 1.29 is 9.53 Å². The number of ether oxygens (including phenoxy) is 1. The molecule has 0 aliphatic carbocycles. The van der Waals surface area contributed by atoms with Gasteiger partial charge in [-0.2, -0.15) is 5.26 Å². The van der Waals surface area contributed by atoms with Crippen LogP contribution in [0.5, 0.6) is 5.75 Å². The largest absolute Gasteiger partial charge is 0.492 e. The molecule has 0 unspecified atom stereocenters. The lowest BCUT2D eigenvalue weighted by Gasteiger charge is -2.22. The summed E-state index contributed by atoms with van der Waals surface area (Å²) in [5.41, 5.74) is 4.78. The van der Waals surface area contributed by atoms with Crippen molar-refractivity contribution in [1.82, 2.24) is 9.88 Å². The van der Waals surface area contributed by atoms with E-state index in [9.17, 15) is 10.1 Å². The second-order valence-electron chi connectivity index (χ2n) is 9.74. The van der Waals surface area contributed by atoms with Crippen molar-refractivity contribution in [3.63, 3.8) is 0 Å². The van der Waals surface area contributed by atoms with Gasteiger partial charge in [0.15, 0.2) is 0 Å². The number of nitrogens with one attached hydrogen (secondary N) is 2. The van der Waals surface area contributed by atoms with Crippen molar-refractivity contribution in [2.45, 2.75) is 13.5 Å². The van der Waals surface area contributed by atoms with Crippen LogP contribution in [0.15, 0.2) is 79.0 Å². The van der Waals surface area contributed by atoms with Gasteiger partial charge in [-0.15, -0.1) is 0 Å². The molecule has 0 radical (unpaired) electrons. The lowest BCUT2D eigenvalue weighted by Crippen LogP contribution is -2.16. The fraction of sp³-hybridized carbons (Fsp3) is 0.219. The van der Waals surface area contributed by atoms with Gasteiger partial charge < -0.3 is 25.2 Å². The standard InChI is InChI=1S/C32H33ClN6O2/c1-5-41-30-18-27-25(17-28(30)37-31(40)12-9-15-38(2)3)32(23(19-34)20-35-27)36-24-13-14-29(26(33)16-24)39(4)21-22-10-7-6-8-11-22/h6-14,16-18,20H,5,15,21H2,1-4H3,(H,35,36)(H,37,40)/b12-9+. The van der Waals surface area contributed by atoms with E-state index in [1.54, 1.807) is 18.2 Å². The zero-order chi connectivity index (χ0) is 29.4. The van der Waals surface area contributed by atoms with Crippen molar-refractivity contribution in [3.8, 4) is 11.8 Å². The van der Waals surface area contributed by atoms with E-state index in [-0.39, 0.29) is 5.91 Å². The maximum absolute atomic E-state index is 12.7. The van der Waals surface area contributed by atoms with Crippen molar-refractivity contribution >= 4 is 51.2 Å². The summed E-state index contributed by atoms with van der Waals surface area (Å²) in [6, 6.07) is 21.6. The molecule has 0 spiro atoms. The number of likely N-dealkylation sites (N-methyl/N-ethyl adjacent to an activating group) is 1. The van der Waals surface area contributed by atoms with E-state index < -0.39 is 0 Å². The average molecular weight is 569 g/mol. The molecule has 0 bridgehead atoms. The van der Waals surface area contributed by atoms with Gasteiger partial charge in [-0.25, -0.2) is 0 Å². The van der Waals surface area contributed by atoms with Gasteiger partial charge in [0.2, 0.25) is 5.91 Å². The molecule has 0 saturated carbocycles. The van der Waals surface area contributed by atoms with Gasteiger partial charge in [0.25, 0.3) is 0 Å². The Morgan fingerprint density at radius 2 is 1.90 bits per heavy atom. The minimum absolute atomic E-state index is 0.284. The van der Waals surface area contributed by atoms with Gasteiger partial charge in [-0.1, -0.05) is 48.0 Å². The molecule has 8 nitrogen and oxygen atoms in total. The normalized spacial score (nSPS) is 11.0. The highest BCUT2D eigenvalue weighted by atomic mass is 35.5. The summed E-state index contributed by atoms with van der Waals surface area (Å²) >= 11 is 6.72. The third-order valence-electron chi connectivity index (χ3n) is 6.28.